The van der Waals surface area contributed by atoms with Crippen molar-refractivity contribution in [3.05, 3.63) is 22.2 Å². The average Bonchev–Trinajstić information content (AvgIpc) is 2.35. The van der Waals surface area contributed by atoms with E-state index in [0.717, 1.165) is 5.56 Å². The van der Waals surface area contributed by atoms with Gasteiger partial charge in [-0.05, 0) is 28.9 Å². The molecule has 0 aliphatic rings. The molecule has 1 aromatic carbocycles. The molecule has 4 nitrogen and oxygen atoms in total. The van der Waals surface area contributed by atoms with E-state index in [-0.39, 0.29) is 4.83 Å². The quantitative estimate of drug-likeness (QED) is 0.692. The van der Waals surface area contributed by atoms with Crippen molar-refractivity contribution in [2.45, 2.75) is 17.0 Å². The Morgan fingerprint density at radius 2 is 1.79 bits per heavy atom. The molecule has 0 heterocycles. The molecular weight excluding hydrogens is 400 g/mol. The van der Waals surface area contributed by atoms with Crippen molar-refractivity contribution < 1.29 is 17.9 Å². The molecule has 108 valence electrons. The third-order valence-corrected chi connectivity index (χ3v) is 6.91. The Labute approximate surface area is 130 Å². The highest BCUT2D eigenvalue weighted by atomic mass is 79.9. The van der Waals surface area contributed by atoms with Gasteiger partial charge >= 0.3 is 0 Å². The molecule has 2 atom stereocenters. The first kappa shape index (κ1) is 16.8. The van der Waals surface area contributed by atoms with Crippen LogP contribution in [0.25, 0.3) is 0 Å². The molecule has 0 saturated heterocycles. The SMILES string of the molecule is COc1ccc(C(Br)C(C)S(C)(=O)=O)c(OC)c1Br. The number of hydrogen-bond acceptors (Lipinski definition) is 4. The van der Waals surface area contributed by atoms with Gasteiger partial charge in [-0.1, -0.05) is 22.0 Å². The molecule has 0 N–H and O–H groups in total. The van der Waals surface area contributed by atoms with Crippen LogP contribution in [0.15, 0.2) is 16.6 Å². The standard InChI is InChI=1S/C12H16Br2O4S/c1-7(19(4,15)16)10(13)8-5-6-9(17-2)11(14)12(8)18-3/h5-7,10H,1-4H3. The Hall–Kier alpha value is -0.270. The summed E-state index contributed by atoms with van der Waals surface area (Å²) in [7, 11) is -0.0577. The predicted octanol–water partition coefficient (Wildman–Crippen LogP) is 3.34. The van der Waals surface area contributed by atoms with Crippen molar-refractivity contribution in [1.29, 1.82) is 0 Å². The van der Waals surface area contributed by atoms with E-state index in [1.165, 1.54) is 13.4 Å². The predicted molar refractivity (Wildman–Crippen MR) is 83.2 cm³/mol. The highest BCUT2D eigenvalue weighted by Crippen LogP contribution is 2.43. The van der Waals surface area contributed by atoms with E-state index < -0.39 is 15.1 Å². The number of rotatable bonds is 5. The second kappa shape index (κ2) is 6.45. The van der Waals surface area contributed by atoms with Gasteiger partial charge in [0.2, 0.25) is 0 Å². The van der Waals surface area contributed by atoms with Crippen molar-refractivity contribution in [1.82, 2.24) is 0 Å². The first-order valence-corrected chi connectivity index (χ1v) is 9.13. The second-order valence-electron chi connectivity index (χ2n) is 4.14. The van der Waals surface area contributed by atoms with Crippen LogP contribution in [-0.4, -0.2) is 34.1 Å². The van der Waals surface area contributed by atoms with Gasteiger partial charge in [0.1, 0.15) is 16.0 Å². The van der Waals surface area contributed by atoms with E-state index in [4.69, 9.17) is 9.47 Å². The highest BCUT2D eigenvalue weighted by molar-refractivity contribution is 9.10. The van der Waals surface area contributed by atoms with Crippen molar-refractivity contribution in [3.63, 3.8) is 0 Å². The molecule has 0 spiro atoms. The Morgan fingerprint density at radius 1 is 1.21 bits per heavy atom. The van der Waals surface area contributed by atoms with Crippen LogP contribution in [0.3, 0.4) is 0 Å². The van der Waals surface area contributed by atoms with Gasteiger partial charge in [0, 0.05) is 11.8 Å². The van der Waals surface area contributed by atoms with Crippen LogP contribution in [0.4, 0.5) is 0 Å². The molecule has 1 rings (SSSR count). The minimum atomic E-state index is -3.15. The summed E-state index contributed by atoms with van der Waals surface area (Å²) in [5, 5.41) is -0.568. The van der Waals surface area contributed by atoms with Crippen LogP contribution in [0.2, 0.25) is 0 Å². The van der Waals surface area contributed by atoms with Gasteiger partial charge in [-0.15, -0.1) is 0 Å². The van der Waals surface area contributed by atoms with E-state index in [1.807, 2.05) is 0 Å². The van der Waals surface area contributed by atoms with Crippen LogP contribution < -0.4 is 9.47 Å². The lowest BCUT2D eigenvalue weighted by Crippen LogP contribution is -2.21. The Morgan fingerprint density at radius 3 is 2.21 bits per heavy atom. The van der Waals surface area contributed by atoms with Crippen LogP contribution in [0, 0.1) is 0 Å². The molecule has 1 aromatic rings. The third-order valence-electron chi connectivity index (χ3n) is 2.90. The molecule has 19 heavy (non-hydrogen) atoms. The van der Waals surface area contributed by atoms with Crippen molar-refractivity contribution in [3.8, 4) is 11.5 Å². The first-order chi connectivity index (χ1) is 8.73. The van der Waals surface area contributed by atoms with Crippen molar-refractivity contribution >= 4 is 41.7 Å². The van der Waals surface area contributed by atoms with Crippen molar-refractivity contribution in [2.75, 3.05) is 20.5 Å². The molecule has 0 saturated carbocycles. The van der Waals surface area contributed by atoms with Gasteiger partial charge in [0.05, 0.1) is 24.3 Å². The van der Waals surface area contributed by atoms with Gasteiger partial charge in [-0.25, -0.2) is 8.42 Å². The zero-order valence-corrected chi connectivity index (χ0v) is 15.1. The van der Waals surface area contributed by atoms with E-state index in [1.54, 1.807) is 26.2 Å². The molecule has 0 fully saturated rings. The Kier molecular flexibility index (Phi) is 5.70. The summed E-state index contributed by atoms with van der Waals surface area (Å²) in [6.45, 7) is 1.66. The number of alkyl halides is 1. The summed E-state index contributed by atoms with van der Waals surface area (Å²) in [6.07, 6.45) is 1.22. The number of hydrogen-bond donors (Lipinski definition) is 0. The Balaban J connectivity index is 3.32. The number of ether oxygens (including phenoxy) is 2. The minimum absolute atomic E-state index is 0.361. The van der Waals surface area contributed by atoms with Gasteiger partial charge in [-0.2, -0.15) is 0 Å². The minimum Gasteiger partial charge on any atom is -0.495 e. The highest BCUT2D eigenvalue weighted by Gasteiger charge is 2.28. The lowest BCUT2D eigenvalue weighted by atomic mass is 10.1. The maximum atomic E-state index is 11.6. The number of sulfone groups is 1. The summed E-state index contributed by atoms with van der Waals surface area (Å²) in [5.74, 6) is 1.20. The van der Waals surface area contributed by atoms with Gasteiger partial charge in [0.25, 0.3) is 0 Å². The summed E-state index contributed by atoms with van der Waals surface area (Å²) in [5.41, 5.74) is 0.758. The van der Waals surface area contributed by atoms with Crippen LogP contribution in [0.5, 0.6) is 11.5 Å². The number of methoxy groups -OCH3 is 2. The zero-order chi connectivity index (χ0) is 14.8. The molecule has 0 radical (unpaired) electrons. The van der Waals surface area contributed by atoms with Crippen LogP contribution in [-0.2, 0) is 9.84 Å². The van der Waals surface area contributed by atoms with Gasteiger partial charge in [0.15, 0.2) is 9.84 Å². The third kappa shape index (κ3) is 3.64. The summed E-state index contributed by atoms with van der Waals surface area (Å²) >= 11 is 6.84. The molecule has 0 aromatic heterocycles. The largest absolute Gasteiger partial charge is 0.495 e. The lowest BCUT2D eigenvalue weighted by molar-refractivity contribution is 0.386. The molecule has 0 aliphatic heterocycles. The van der Waals surface area contributed by atoms with Gasteiger partial charge in [-0.3, -0.25) is 0 Å². The maximum absolute atomic E-state index is 11.6. The number of benzene rings is 1. The summed E-state index contributed by atoms with van der Waals surface area (Å²) in [4.78, 5) is -0.361. The normalized spacial score (nSPS) is 14.8. The Bertz CT molecular complexity index is 557. The van der Waals surface area contributed by atoms with E-state index in [2.05, 4.69) is 31.9 Å². The monoisotopic (exact) mass is 414 g/mol. The molecular formula is C12H16Br2O4S. The molecule has 7 heteroatoms. The molecule has 0 aliphatic carbocycles. The summed E-state index contributed by atoms with van der Waals surface area (Å²) < 4.78 is 34.5. The van der Waals surface area contributed by atoms with Crippen LogP contribution >= 0.6 is 31.9 Å². The average molecular weight is 416 g/mol. The lowest BCUT2D eigenvalue weighted by Gasteiger charge is -2.21. The molecule has 0 bridgehead atoms. The number of halogens is 2. The van der Waals surface area contributed by atoms with Gasteiger partial charge < -0.3 is 9.47 Å². The zero-order valence-electron chi connectivity index (χ0n) is 11.1. The van der Waals surface area contributed by atoms with E-state index in [0.29, 0.717) is 16.0 Å². The fraction of sp³-hybridized carbons (Fsp3) is 0.500. The first-order valence-electron chi connectivity index (χ1n) is 5.47. The van der Waals surface area contributed by atoms with E-state index >= 15 is 0 Å². The maximum Gasteiger partial charge on any atom is 0.151 e. The molecule has 2 unspecified atom stereocenters. The van der Waals surface area contributed by atoms with Crippen molar-refractivity contribution in [2.24, 2.45) is 0 Å². The fourth-order valence-corrected chi connectivity index (χ4v) is 4.41. The smallest absolute Gasteiger partial charge is 0.151 e. The fourth-order valence-electron chi connectivity index (χ4n) is 1.61. The molecule has 0 amide bonds. The van der Waals surface area contributed by atoms with Crippen LogP contribution in [0.1, 0.15) is 17.3 Å². The second-order valence-corrected chi connectivity index (χ2v) is 8.32. The van der Waals surface area contributed by atoms with E-state index in [9.17, 15) is 8.42 Å². The topological polar surface area (TPSA) is 52.6 Å². The summed E-state index contributed by atoms with van der Waals surface area (Å²) in [6, 6.07) is 3.56.